The Morgan fingerprint density at radius 2 is 2.10 bits per heavy atom. The van der Waals surface area contributed by atoms with Crippen LogP contribution in [0.25, 0.3) is 0 Å². The lowest BCUT2D eigenvalue weighted by atomic mass is 10.1. The number of nitrogens with one attached hydrogen (secondary N) is 2. The lowest BCUT2D eigenvalue weighted by molar-refractivity contribution is 0.102. The second kappa shape index (κ2) is 6.03. The maximum Gasteiger partial charge on any atom is 0.255 e. The van der Waals surface area contributed by atoms with Gasteiger partial charge >= 0.3 is 0 Å². The zero-order chi connectivity index (χ0) is 14.5. The highest BCUT2D eigenvalue weighted by Gasteiger charge is 2.09. The number of rotatable bonds is 4. The molecule has 0 aliphatic carbocycles. The second-order valence-corrected chi connectivity index (χ2v) is 4.21. The summed E-state index contributed by atoms with van der Waals surface area (Å²) in [5.74, 6) is 6.15. The minimum absolute atomic E-state index is 0.236. The number of hydrogen-bond donors (Lipinski definition) is 3. The van der Waals surface area contributed by atoms with E-state index in [4.69, 9.17) is 10.6 Å². The Hall–Kier alpha value is -2.60. The van der Waals surface area contributed by atoms with Crippen LogP contribution in [0.5, 0.6) is 5.75 Å². The van der Waals surface area contributed by atoms with E-state index in [-0.39, 0.29) is 5.91 Å². The molecule has 1 heterocycles. The summed E-state index contributed by atoms with van der Waals surface area (Å²) in [5, 5.41) is 2.84. The normalized spacial score (nSPS) is 9.95. The first-order chi connectivity index (χ1) is 9.63. The van der Waals surface area contributed by atoms with Crippen LogP contribution in [0.2, 0.25) is 0 Å². The number of methoxy groups -OCH3 is 1. The van der Waals surface area contributed by atoms with Gasteiger partial charge in [-0.3, -0.25) is 4.79 Å². The van der Waals surface area contributed by atoms with Crippen molar-refractivity contribution in [2.24, 2.45) is 5.84 Å². The minimum atomic E-state index is -0.236. The van der Waals surface area contributed by atoms with Crippen molar-refractivity contribution in [1.82, 2.24) is 4.98 Å². The number of hydrazine groups is 1. The van der Waals surface area contributed by atoms with Crippen LogP contribution in [0.3, 0.4) is 0 Å². The molecule has 0 fully saturated rings. The summed E-state index contributed by atoms with van der Waals surface area (Å²) in [7, 11) is 1.58. The Morgan fingerprint density at radius 3 is 2.80 bits per heavy atom. The van der Waals surface area contributed by atoms with Crippen molar-refractivity contribution in [3.05, 3.63) is 47.7 Å². The van der Waals surface area contributed by atoms with Crippen molar-refractivity contribution in [3.8, 4) is 5.75 Å². The lowest BCUT2D eigenvalue weighted by Gasteiger charge is -2.10. The fourth-order valence-corrected chi connectivity index (χ4v) is 1.71. The van der Waals surface area contributed by atoms with Gasteiger partial charge in [-0.05, 0) is 30.7 Å². The highest BCUT2D eigenvalue weighted by molar-refractivity contribution is 6.05. The molecule has 0 bridgehead atoms. The average Bonchev–Trinajstić information content (AvgIpc) is 2.49. The number of nitrogens with two attached hydrogens (primary N) is 1. The van der Waals surface area contributed by atoms with E-state index in [1.165, 1.54) is 6.20 Å². The lowest BCUT2D eigenvalue weighted by Crippen LogP contribution is -2.15. The number of benzene rings is 1. The van der Waals surface area contributed by atoms with Gasteiger partial charge in [0.1, 0.15) is 11.6 Å². The molecule has 0 atom stereocenters. The SMILES string of the molecule is COc1ccc(C)c(NC(=O)c2ccnc(NN)c2)c1. The third-order valence-electron chi connectivity index (χ3n) is 2.86. The Balaban J connectivity index is 2.22. The molecular formula is C14H16N4O2. The molecule has 1 aromatic carbocycles. The van der Waals surface area contributed by atoms with Crippen molar-refractivity contribution in [2.45, 2.75) is 6.92 Å². The van der Waals surface area contributed by atoms with Crippen molar-refractivity contribution in [1.29, 1.82) is 0 Å². The fourth-order valence-electron chi connectivity index (χ4n) is 1.71. The number of pyridine rings is 1. The monoisotopic (exact) mass is 272 g/mol. The minimum Gasteiger partial charge on any atom is -0.497 e. The molecule has 1 amide bonds. The Bertz CT molecular complexity index is 628. The molecule has 104 valence electrons. The molecular weight excluding hydrogens is 256 g/mol. The number of nitrogens with zero attached hydrogens (tertiary/aromatic N) is 1. The molecule has 0 saturated carbocycles. The second-order valence-electron chi connectivity index (χ2n) is 4.21. The van der Waals surface area contributed by atoms with E-state index in [1.54, 1.807) is 25.3 Å². The smallest absolute Gasteiger partial charge is 0.255 e. The van der Waals surface area contributed by atoms with E-state index < -0.39 is 0 Å². The summed E-state index contributed by atoms with van der Waals surface area (Å²) in [5.41, 5.74) is 4.52. The number of nitrogen functional groups attached to an aromatic ring is 1. The predicted octanol–water partition coefficient (Wildman–Crippen LogP) is 1.94. The van der Waals surface area contributed by atoms with Crippen molar-refractivity contribution >= 4 is 17.4 Å². The summed E-state index contributed by atoms with van der Waals surface area (Å²) in [6.45, 7) is 1.91. The van der Waals surface area contributed by atoms with Crippen molar-refractivity contribution in [3.63, 3.8) is 0 Å². The van der Waals surface area contributed by atoms with E-state index >= 15 is 0 Å². The largest absolute Gasteiger partial charge is 0.497 e. The van der Waals surface area contributed by atoms with Crippen LogP contribution in [-0.2, 0) is 0 Å². The highest BCUT2D eigenvalue weighted by Crippen LogP contribution is 2.22. The van der Waals surface area contributed by atoms with E-state index in [0.29, 0.717) is 22.8 Å². The molecule has 4 N–H and O–H groups in total. The Morgan fingerprint density at radius 1 is 1.30 bits per heavy atom. The summed E-state index contributed by atoms with van der Waals surface area (Å²) in [4.78, 5) is 16.1. The summed E-state index contributed by atoms with van der Waals surface area (Å²) >= 11 is 0. The molecule has 6 heteroatoms. The summed E-state index contributed by atoms with van der Waals surface area (Å²) in [6, 6.07) is 8.69. The predicted molar refractivity (Wildman–Crippen MR) is 77.7 cm³/mol. The Labute approximate surface area is 116 Å². The van der Waals surface area contributed by atoms with Gasteiger partial charge in [0.2, 0.25) is 0 Å². The molecule has 0 spiro atoms. The molecule has 0 saturated heterocycles. The zero-order valence-corrected chi connectivity index (χ0v) is 11.3. The van der Waals surface area contributed by atoms with Crippen LogP contribution < -0.4 is 21.3 Å². The molecule has 20 heavy (non-hydrogen) atoms. The van der Waals surface area contributed by atoms with E-state index in [9.17, 15) is 4.79 Å². The van der Waals surface area contributed by atoms with E-state index in [1.807, 2.05) is 19.1 Å². The standard InChI is InChI=1S/C14H16N4O2/c1-9-3-4-11(20-2)8-12(9)17-14(19)10-5-6-16-13(7-10)18-15/h3-8H,15H2,1-2H3,(H,16,18)(H,17,19). The quantitative estimate of drug-likeness (QED) is 0.584. The summed E-state index contributed by atoms with van der Waals surface area (Å²) in [6.07, 6.45) is 1.52. The van der Waals surface area contributed by atoms with Gasteiger partial charge in [-0.1, -0.05) is 6.07 Å². The maximum atomic E-state index is 12.2. The van der Waals surface area contributed by atoms with Gasteiger partial charge in [0.25, 0.3) is 5.91 Å². The first kappa shape index (κ1) is 13.8. The van der Waals surface area contributed by atoms with Gasteiger partial charge in [-0.2, -0.15) is 0 Å². The van der Waals surface area contributed by atoms with Crippen LogP contribution in [-0.4, -0.2) is 18.0 Å². The van der Waals surface area contributed by atoms with Gasteiger partial charge in [-0.15, -0.1) is 0 Å². The topological polar surface area (TPSA) is 89.3 Å². The van der Waals surface area contributed by atoms with E-state index in [2.05, 4.69) is 15.7 Å². The molecule has 2 rings (SSSR count). The molecule has 0 radical (unpaired) electrons. The Kier molecular flexibility index (Phi) is 4.17. The number of carbonyl (C=O) groups is 1. The third kappa shape index (κ3) is 3.04. The van der Waals surface area contributed by atoms with Gasteiger partial charge in [0, 0.05) is 23.5 Å². The summed E-state index contributed by atoms with van der Waals surface area (Å²) < 4.78 is 5.15. The highest BCUT2D eigenvalue weighted by atomic mass is 16.5. The molecule has 0 unspecified atom stereocenters. The van der Waals surface area contributed by atoms with Crippen molar-refractivity contribution < 1.29 is 9.53 Å². The van der Waals surface area contributed by atoms with Crippen LogP contribution >= 0.6 is 0 Å². The average molecular weight is 272 g/mol. The van der Waals surface area contributed by atoms with Gasteiger partial charge < -0.3 is 15.5 Å². The van der Waals surface area contributed by atoms with Gasteiger partial charge in [0.15, 0.2) is 0 Å². The molecule has 2 aromatic rings. The molecule has 0 aliphatic rings. The molecule has 0 aliphatic heterocycles. The molecule has 1 aromatic heterocycles. The number of amides is 1. The fraction of sp³-hybridized carbons (Fsp3) is 0.143. The number of ether oxygens (including phenoxy) is 1. The number of aromatic nitrogens is 1. The maximum absolute atomic E-state index is 12.2. The van der Waals surface area contributed by atoms with Gasteiger partial charge in [0.05, 0.1) is 7.11 Å². The number of hydrogen-bond acceptors (Lipinski definition) is 5. The number of carbonyl (C=O) groups excluding carboxylic acids is 1. The van der Waals surface area contributed by atoms with E-state index in [0.717, 1.165) is 5.56 Å². The zero-order valence-electron chi connectivity index (χ0n) is 11.3. The first-order valence-electron chi connectivity index (χ1n) is 6.02. The third-order valence-corrected chi connectivity index (χ3v) is 2.86. The van der Waals surface area contributed by atoms with Crippen LogP contribution in [0, 0.1) is 6.92 Å². The first-order valence-corrected chi connectivity index (χ1v) is 6.02. The number of anilines is 2. The number of aryl methyl sites for hydroxylation is 1. The van der Waals surface area contributed by atoms with Crippen molar-refractivity contribution in [2.75, 3.05) is 17.9 Å². The van der Waals surface area contributed by atoms with Gasteiger partial charge in [-0.25, -0.2) is 10.8 Å². The molecule has 6 nitrogen and oxygen atoms in total. The van der Waals surface area contributed by atoms with Crippen LogP contribution in [0.15, 0.2) is 36.5 Å². The van der Waals surface area contributed by atoms with Crippen LogP contribution in [0.1, 0.15) is 15.9 Å². The van der Waals surface area contributed by atoms with Crippen LogP contribution in [0.4, 0.5) is 11.5 Å².